The van der Waals surface area contributed by atoms with Crippen molar-refractivity contribution in [1.82, 2.24) is 4.98 Å². The molecule has 0 aliphatic carbocycles. The molecule has 2 heterocycles. The molecule has 0 radical (unpaired) electrons. The number of pyridine rings is 1. The van der Waals surface area contributed by atoms with Gasteiger partial charge in [0, 0.05) is 22.8 Å². The molecule has 0 unspecified atom stereocenters. The van der Waals surface area contributed by atoms with Crippen LogP contribution in [0.3, 0.4) is 0 Å². The lowest BCUT2D eigenvalue weighted by atomic mass is 10.2. The Balaban J connectivity index is 2.64. The minimum absolute atomic E-state index is 0.718. The van der Waals surface area contributed by atoms with Crippen molar-refractivity contribution in [2.24, 2.45) is 0 Å². The summed E-state index contributed by atoms with van der Waals surface area (Å²) in [5, 5.41) is 3.85. The molecule has 0 saturated carbocycles. The van der Waals surface area contributed by atoms with Crippen molar-refractivity contribution in [1.29, 1.82) is 0 Å². The molecular formula is C8H6BrClN2. The molecule has 1 aliphatic heterocycles. The van der Waals surface area contributed by atoms with E-state index in [0.29, 0.717) is 0 Å². The van der Waals surface area contributed by atoms with E-state index in [4.69, 9.17) is 11.6 Å². The Bertz CT molecular complexity index is 349. The van der Waals surface area contributed by atoms with Crippen molar-refractivity contribution >= 4 is 37.8 Å². The highest BCUT2D eigenvalue weighted by atomic mass is 79.9. The highest BCUT2D eigenvalue weighted by molar-refractivity contribution is 9.15. The van der Waals surface area contributed by atoms with E-state index in [-0.39, 0.29) is 0 Å². The van der Waals surface area contributed by atoms with Crippen molar-refractivity contribution in [3.63, 3.8) is 0 Å². The van der Waals surface area contributed by atoms with E-state index in [1.165, 1.54) is 0 Å². The van der Waals surface area contributed by atoms with Crippen molar-refractivity contribution < 1.29 is 0 Å². The van der Waals surface area contributed by atoms with Crippen LogP contribution in [0.5, 0.6) is 0 Å². The summed E-state index contributed by atoms with van der Waals surface area (Å²) in [6.07, 6.45) is 3.72. The van der Waals surface area contributed by atoms with E-state index in [1.54, 1.807) is 12.3 Å². The molecule has 0 atom stereocenters. The molecule has 1 aliphatic rings. The maximum absolute atomic E-state index is 5.99. The van der Waals surface area contributed by atoms with Crippen molar-refractivity contribution in [2.75, 3.05) is 11.9 Å². The number of anilines is 1. The van der Waals surface area contributed by atoms with Gasteiger partial charge < -0.3 is 5.32 Å². The van der Waals surface area contributed by atoms with Crippen LogP contribution in [0.25, 0.3) is 4.48 Å². The average molecular weight is 246 g/mol. The fraction of sp³-hybridized carbons (Fsp3) is 0.125. The van der Waals surface area contributed by atoms with Gasteiger partial charge in [-0.2, -0.15) is 0 Å². The number of halogens is 2. The van der Waals surface area contributed by atoms with Gasteiger partial charge in [0.15, 0.2) is 0 Å². The van der Waals surface area contributed by atoms with Gasteiger partial charge in [-0.15, -0.1) is 0 Å². The molecule has 2 rings (SSSR count). The predicted molar refractivity (Wildman–Crippen MR) is 54.6 cm³/mol. The number of hydrogen-bond acceptors (Lipinski definition) is 2. The molecule has 4 heteroatoms. The summed E-state index contributed by atoms with van der Waals surface area (Å²) in [7, 11) is 0. The van der Waals surface area contributed by atoms with Gasteiger partial charge in [0.1, 0.15) is 5.82 Å². The summed E-state index contributed by atoms with van der Waals surface area (Å²) in [6.45, 7) is 0.793. The summed E-state index contributed by atoms with van der Waals surface area (Å²) >= 11 is 9.42. The highest BCUT2D eigenvalue weighted by Crippen LogP contribution is 2.35. The van der Waals surface area contributed by atoms with Crippen LogP contribution >= 0.6 is 27.5 Å². The SMILES string of the molecule is Clc1ccnc2c1C(Br)=CCN2. The number of hydrogen-bond donors (Lipinski definition) is 1. The van der Waals surface area contributed by atoms with Crippen LogP contribution in [0.2, 0.25) is 5.02 Å². The molecule has 0 aromatic carbocycles. The Morgan fingerprint density at radius 3 is 3.17 bits per heavy atom. The first-order chi connectivity index (χ1) is 5.79. The van der Waals surface area contributed by atoms with Crippen molar-refractivity contribution in [3.05, 3.63) is 28.9 Å². The third-order valence-corrected chi connectivity index (χ3v) is 2.72. The molecule has 0 amide bonds. The second-order valence-corrected chi connectivity index (χ2v) is 3.71. The molecule has 62 valence electrons. The molecule has 12 heavy (non-hydrogen) atoms. The lowest BCUT2D eigenvalue weighted by Gasteiger charge is -2.15. The zero-order valence-electron chi connectivity index (χ0n) is 6.14. The summed E-state index contributed by atoms with van der Waals surface area (Å²) < 4.78 is 1.01. The van der Waals surface area contributed by atoms with Crippen LogP contribution in [0.4, 0.5) is 5.82 Å². The first kappa shape index (κ1) is 8.08. The zero-order valence-corrected chi connectivity index (χ0v) is 8.48. The lowest BCUT2D eigenvalue weighted by Crippen LogP contribution is -2.08. The third kappa shape index (κ3) is 1.23. The van der Waals surface area contributed by atoms with E-state index < -0.39 is 0 Å². The van der Waals surface area contributed by atoms with Gasteiger partial charge in [-0.05, 0) is 6.07 Å². The topological polar surface area (TPSA) is 24.9 Å². The fourth-order valence-corrected chi connectivity index (χ4v) is 2.06. The number of rotatable bonds is 0. The van der Waals surface area contributed by atoms with Gasteiger partial charge in [0.2, 0.25) is 0 Å². The molecule has 1 aromatic heterocycles. The molecule has 0 spiro atoms. The number of aromatic nitrogens is 1. The van der Waals surface area contributed by atoms with Crippen LogP contribution in [0.1, 0.15) is 5.56 Å². The molecule has 2 nitrogen and oxygen atoms in total. The standard InChI is InChI=1S/C8H6BrClN2/c9-5-1-3-11-8-7(5)6(10)2-4-12-8/h1-2,4H,3H2,(H,11,12). The van der Waals surface area contributed by atoms with Crippen LogP contribution < -0.4 is 5.32 Å². The van der Waals surface area contributed by atoms with E-state index in [9.17, 15) is 0 Å². The maximum atomic E-state index is 5.99. The minimum Gasteiger partial charge on any atom is -0.366 e. The van der Waals surface area contributed by atoms with Gasteiger partial charge in [-0.1, -0.05) is 33.6 Å². The van der Waals surface area contributed by atoms with Crippen LogP contribution in [0.15, 0.2) is 18.3 Å². The molecular weight excluding hydrogens is 239 g/mol. The third-order valence-electron chi connectivity index (χ3n) is 1.69. The first-order valence-corrected chi connectivity index (χ1v) is 4.70. The van der Waals surface area contributed by atoms with Crippen molar-refractivity contribution in [2.45, 2.75) is 0 Å². The molecule has 0 fully saturated rings. The number of nitrogens with one attached hydrogen (secondary N) is 1. The normalized spacial score (nSPS) is 14.7. The summed E-state index contributed by atoms with van der Waals surface area (Å²) in [6, 6.07) is 1.78. The molecule has 1 N–H and O–H groups in total. The number of nitrogens with zero attached hydrogens (tertiary/aromatic N) is 1. The second-order valence-electron chi connectivity index (χ2n) is 2.45. The first-order valence-electron chi connectivity index (χ1n) is 3.53. The average Bonchev–Trinajstić information content (AvgIpc) is 2.04. The number of fused-ring (bicyclic) bond motifs is 1. The van der Waals surface area contributed by atoms with E-state index in [2.05, 4.69) is 26.2 Å². The zero-order chi connectivity index (χ0) is 8.55. The van der Waals surface area contributed by atoms with Crippen LogP contribution in [-0.4, -0.2) is 11.5 Å². The van der Waals surface area contributed by atoms with E-state index in [0.717, 1.165) is 27.4 Å². The largest absolute Gasteiger partial charge is 0.366 e. The van der Waals surface area contributed by atoms with Crippen molar-refractivity contribution in [3.8, 4) is 0 Å². The Labute approximate surface area is 83.8 Å². The Morgan fingerprint density at radius 1 is 1.58 bits per heavy atom. The van der Waals surface area contributed by atoms with Gasteiger partial charge in [0.25, 0.3) is 0 Å². The quantitative estimate of drug-likeness (QED) is 0.760. The Hall–Kier alpha value is -0.540. The minimum atomic E-state index is 0.718. The summed E-state index contributed by atoms with van der Waals surface area (Å²) in [5.74, 6) is 0.844. The predicted octanol–water partition coefficient (Wildman–Crippen LogP) is 2.90. The lowest BCUT2D eigenvalue weighted by molar-refractivity contribution is 1.20. The van der Waals surface area contributed by atoms with E-state index >= 15 is 0 Å². The van der Waals surface area contributed by atoms with Gasteiger partial charge in [-0.25, -0.2) is 4.98 Å². The fourth-order valence-electron chi connectivity index (χ4n) is 1.14. The summed E-state index contributed by atoms with van der Waals surface area (Å²) in [4.78, 5) is 4.16. The smallest absolute Gasteiger partial charge is 0.136 e. The molecule has 1 aromatic rings. The second kappa shape index (κ2) is 3.07. The summed E-state index contributed by atoms with van der Waals surface area (Å²) in [5.41, 5.74) is 0.949. The van der Waals surface area contributed by atoms with E-state index in [1.807, 2.05) is 6.08 Å². The van der Waals surface area contributed by atoms with Gasteiger partial charge >= 0.3 is 0 Å². The Kier molecular flexibility index (Phi) is 2.07. The van der Waals surface area contributed by atoms with Crippen LogP contribution in [-0.2, 0) is 0 Å². The van der Waals surface area contributed by atoms with Crippen LogP contribution in [0, 0.1) is 0 Å². The van der Waals surface area contributed by atoms with Gasteiger partial charge in [0.05, 0.1) is 5.02 Å². The molecule has 0 saturated heterocycles. The maximum Gasteiger partial charge on any atom is 0.136 e. The molecule has 0 bridgehead atoms. The Morgan fingerprint density at radius 2 is 2.42 bits per heavy atom. The monoisotopic (exact) mass is 244 g/mol. The highest BCUT2D eigenvalue weighted by Gasteiger charge is 2.13. The van der Waals surface area contributed by atoms with Gasteiger partial charge in [-0.3, -0.25) is 0 Å².